The van der Waals surface area contributed by atoms with Crippen molar-refractivity contribution in [2.24, 2.45) is 4.99 Å². The van der Waals surface area contributed by atoms with E-state index in [0.29, 0.717) is 10.9 Å². The largest absolute Gasteiger partial charge is 0.276 e. The van der Waals surface area contributed by atoms with Crippen LogP contribution in [0.4, 0.5) is 4.39 Å². The molecule has 0 radical (unpaired) electrons. The molecule has 2 heterocycles. The van der Waals surface area contributed by atoms with Crippen LogP contribution in [0.2, 0.25) is 0 Å². The third-order valence-electron chi connectivity index (χ3n) is 4.23. The number of nitrogens with zero attached hydrogens (tertiary/aromatic N) is 2. The zero-order valence-electron chi connectivity index (χ0n) is 13.2. The summed E-state index contributed by atoms with van der Waals surface area (Å²) in [6, 6.07) is 16.9. The van der Waals surface area contributed by atoms with E-state index < -0.39 is 0 Å². The summed E-state index contributed by atoms with van der Waals surface area (Å²) in [5, 5.41) is 0.542. The molecule has 4 rings (SSSR count). The molecule has 0 fully saturated rings. The minimum absolute atomic E-state index is 0.164. The zero-order valence-corrected chi connectivity index (χ0v) is 13.2. The first-order valence-electron chi connectivity index (χ1n) is 7.77. The Morgan fingerprint density at radius 2 is 1.78 bits per heavy atom. The van der Waals surface area contributed by atoms with Crippen LogP contribution in [0.25, 0.3) is 10.9 Å². The van der Waals surface area contributed by atoms with Gasteiger partial charge in [-0.2, -0.15) is 0 Å². The number of hydrogen-bond acceptors (Lipinski definition) is 2. The van der Waals surface area contributed by atoms with Gasteiger partial charge in [-0.15, -0.1) is 0 Å². The van der Waals surface area contributed by atoms with Gasteiger partial charge in [0.15, 0.2) is 0 Å². The van der Waals surface area contributed by atoms with E-state index >= 15 is 0 Å². The van der Waals surface area contributed by atoms with Gasteiger partial charge in [0.25, 0.3) is 0 Å². The Bertz CT molecular complexity index is 941. The summed E-state index contributed by atoms with van der Waals surface area (Å²) in [4.78, 5) is 9.57. The highest BCUT2D eigenvalue weighted by molar-refractivity contribution is 6.14. The first-order valence-corrected chi connectivity index (χ1v) is 7.77. The molecule has 0 saturated carbocycles. The first-order chi connectivity index (χ1) is 11.0. The van der Waals surface area contributed by atoms with Gasteiger partial charge in [-0.3, -0.25) is 4.99 Å². The summed E-state index contributed by atoms with van der Waals surface area (Å²) in [7, 11) is 0. The van der Waals surface area contributed by atoms with Gasteiger partial charge >= 0.3 is 0 Å². The van der Waals surface area contributed by atoms with Crippen LogP contribution in [0.3, 0.4) is 0 Å². The number of rotatable bonds is 1. The monoisotopic (exact) mass is 304 g/mol. The highest BCUT2D eigenvalue weighted by Gasteiger charge is 2.27. The van der Waals surface area contributed by atoms with E-state index in [1.54, 1.807) is 12.1 Å². The normalized spacial score (nSPS) is 16.0. The molecule has 1 aliphatic heterocycles. The van der Waals surface area contributed by atoms with Gasteiger partial charge in [0.05, 0.1) is 22.5 Å². The van der Waals surface area contributed by atoms with Crippen LogP contribution >= 0.6 is 0 Å². The third-order valence-corrected chi connectivity index (χ3v) is 4.23. The quantitative estimate of drug-likeness (QED) is 0.647. The Balaban J connectivity index is 1.94. The van der Waals surface area contributed by atoms with E-state index in [4.69, 9.17) is 4.99 Å². The van der Waals surface area contributed by atoms with Crippen LogP contribution in [-0.2, 0) is 6.42 Å². The van der Waals surface area contributed by atoms with Crippen molar-refractivity contribution in [3.8, 4) is 0 Å². The molecule has 0 atom stereocenters. The number of fused-ring (bicyclic) bond motifs is 2. The molecule has 0 unspecified atom stereocenters. The van der Waals surface area contributed by atoms with Crippen molar-refractivity contribution in [1.82, 2.24) is 4.98 Å². The van der Waals surface area contributed by atoms with Gasteiger partial charge in [-0.25, -0.2) is 9.37 Å². The second-order valence-corrected chi connectivity index (χ2v) is 6.61. The van der Waals surface area contributed by atoms with Gasteiger partial charge < -0.3 is 0 Å². The number of benzene rings is 2. The molecule has 3 heteroatoms. The Hall–Kier alpha value is -2.55. The molecule has 2 aromatic carbocycles. The highest BCUT2D eigenvalue weighted by atomic mass is 19.1. The van der Waals surface area contributed by atoms with E-state index in [1.165, 1.54) is 11.6 Å². The SMILES string of the molecule is CC1(C)Cc2ccccc2C(c2ccc3c(F)cccc3n2)=N1. The average molecular weight is 304 g/mol. The summed E-state index contributed by atoms with van der Waals surface area (Å²) >= 11 is 0. The molecule has 0 spiro atoms. The third kappa shape index (κ3) is 2.42. The molecule has 3 aromatic rings. The topological polar surface area (TPSA) is 25.2 Å². The first kappa shape index (κ1) is 14.1. The van der Waals surface area contributed by atoms with Gasteiger partial charge in [0.1, 0.15) is 5.82 Å². The molecule has 0 N–H and O–H groups in total. The van der Waals surface area contributed by atoms with E-state index in [1.807, 2.05) is 18.2 Å². The van der Waals surface area contributed by atoms with Crippen molar-refractivity contribution in [2.75, 3.05) is 0 Å². The zero-order chi connectivity index (χ0) is 16.0. The predicted octanol–water partition coefficient (Wildman–Crippen LogP) is 4.55. The summed E-state index contributed by atoms with van der Waals surface area (Å²) in [5.74, 6) is -0.243. The van der Waals surface area contributed by atoms with Crippen LogP contribution in [0.15, 0.2) is 59.6 Å². The van der Waals surface area contributed by atoms with Crippen LogP contribution < -0.4 is 0 Å². The van der Waals surface area contributed by atoms with E-state index in [9.17, 15) is 4.39 Å². The van der Waals surface area contributed by atoms with Crippen LogP contribution in [0.5, 0.6) is 0 Å². The van der Waals surface area contributed by atoms with Crippen molar-refractivity contribution in [3.05, 3.63) is 77.2 Å². The maximum absolute atomic E-state index is 13.9. The summed E-state index contributed by atoms with van der Waals surface area (Å²) in [6.45, 7) is 4.26. The number of hydrogen-bond donors (Lipinski definition) is 0. The fourth-order valence-electron chi connectivity index (χ4n) is 3.22. The van der Waals surface area contributed by atoms with Crippen molar-refractivity contribution < 1.29 is 4.39 Å². The fraction of sp³-hybridized carbons (Fsp3) is 0.200. The van der Waals surface area contributed by atoms with Crippen LogP contribution in [0.1, 0.15) is 30.7 Å². The minimum atomic E-state index is -0.243. The molecule has 23 heavy (non-hydrogen) atoms. The molecular formula is C20H17FN2. The van der Waals surface area contributed by atoms with E-state index in [-0.39, 0.29) is 11.4 Å². The lowest BCUT2D eigenvalue weighted by molar-refractivity contribution is 0.513. The van der Waals surface area contributed by atoms with Gasteiger partial charge in [-0.1, -0.05) is 30.3 Å². The van der Waals surface area contributed by atoms with E-state index in [0.717, 1.165) is 23.4 Å². The fourth-order valence-corrected chi connectivity index (χ4v) is 3.22. The van der Waals surface area contributed by atoms with E-state index in [2.05, 4.69) is 37.0 Å². The maximum atomic E-state index is 13.9. The summed E-state index contributed by atoms with van der Waals surface area (Å²) in [5.41, 5.74) is 4.58. The average Bonchev–Trinajstić information content (AvgIpc) is 2.53. The molecule has 1 aromatic heterocycles. The summed E-state index contributed by atoms with van der Waals surface area (Å²) in [6.07, 6.45) is 0.912. The Morgan fingerprint density at radius 1 is 0.957 bits per heavy atom. The second-order valence-electron chi connectivity index (χ2n) is 6.61. The molecule has 0 bridgehead atoms. The predicted molar refractivity (Wildman–Crippen MR) is 91.6 cm³/mol. The number of pyridine rings is 1. The van der Waals surface area contributed by atoms with Crippen LogP contribution in [0, 0.1) is 5.82 Å². The second kappa shape index (κ2) is 4.98. The molecule has 0 saturated heterocycles. The lowest BCUT2D eigenvalue weighted by atomic mass is 9.86. The van der Waals surface area contributed by atoms with Gasteiger partial charge in [0, 0.05) is 10.9 Å². The number of aliphatic imine (C=N–C) groups is 1. The van der Waals surface area contributed by atoms with Gasteiger partial charge in [0.2, 0.25) is 0 Å². The molecule has 0 aliphatic carbocycles. The molecule has 0 amide bonds. The summed E-state index contributed by atoms with van der Waals surface area (Å²) < 4.78 is 13.9. The lowest BCUT2D eigenvalue weighted by Gasteiger charge is -2.28. The molecule has 1 aliphatic rings. The van der Waals surface area contributed by atoms with Crippen molar-refractivity contribution in [1.29, 1.82) is 0 Å². The minimum Gasteiger partial charge on any atom is -0.276 e. The standard InChI is InChI=1S/C20H17FN2/c1-20(2)12-13-6-3-4-7-14(13)19(23-20)18-11-10-15-16(21)8-5-9-17(15)22-18/h3-11H,12H2,1-2H3. The maximum Gasteiger partial charge on any atom is 0.132 e. The molecular weight excluding hydrogens is 287 g/mol. The van der Waals surface area contributed by atoms with Crippen molar-refractivity contribution >= 4 is 16.6 Å². The number of halogens is 1. The molecule has 114 valence electrons. The Morgan fingerprint density at radius 3 is 2.65 bits per heavy atom. The van der Waals surface area contributed by atoms with Crippen molar-refractivity contribution in [3.63, 3.8) is 0 Å². The number of aromatic nitrogens is 1. The Labute approximate surface area is 134 Å². The highest BCUT2D eigenvalue weighted by Crippen LogP contribution is 2.29. The smallest absolute Gasteiger partial charge is 0.132 e. The van der Waals surface area contributed by atoms with Crippen molar-refractivity contribution in [2.45, 2.75) is 25.8 Å². The lowest BCUT2D eigenvalue weighted by Crippen LogP contribution is -2.29. The van der Waals surface area contributed by atoms with Gasteiger partial charge in [-0.05, 0) is 50.1 Å². The molecule has 2 nitrogen and oxygen atoms in total. The van der Waals surface area contributed by atoms with Crippen LogP contribution in [-0.4, -0.2) is 16.2 Å². The Kier molecular flexibility index (Phi) is 3.05.